The van der Waals surface area contributed by atoms with Crippen LogP contribution in [0.5, 0.6) is 5.88 Å². The molecular formula is C19H16F7N5O3. The molecule has 0 aliphatic carbocycles. The third-order valence-corrected chi connectivity index (χ3v) is 4.77. The Morgan fingerprint density at radius 2 is 1.91 bits per heavy atom. The third kappa shape index (κ3) is 5.82. The second-order valence-corrected chi connectivity index (χ2v) is 7.08. The molecule has 0 radical (unpaired) electrons. The van der Waals surface area contributed by atoms with Gasteiger partial charge in [-0.1, -0.05) is 0 Å². The van der Waals surface area contributed by atoms with E-state index in [1.54, 1.807) is 0 Å². The number of piperazine rings is 1. The van der Waals surface area contributed by atoms with E-state index in [9.17, 15) is 40.3 Å². The number of halogens is 7. The van der Waals surface area contributed by atoms with Crippen molar-refractivity contribution >= 4 is 11.9 Å². The fraction of sp³-hybridized carbons (Fsp3) is 0.368. The zero-order chi connectivity index (χ0) is 25.3. The van der Waals surface area contributed by atoms with Gasteiger partial charge in [0.2, 0.25) is 11.8 Å². The molecule has 3 amide bonds. The van der Waals surface area contributed by atoms with Gasteiger partial charge in [-0.15, -0.1) is 13.2 Å². The molecule has 2 atom stereocenters. The highest BCUT2D eigenvalue weighted by molar-refractivity contribution is 5.88. The van der Waals surface area contributed by atoms with E-state index in [0.717, 1.165) is 29.3 Å². The van der Waals surface area contributed by atoms with Gasteiger partial charge in [-0.05, 0) is 30.7 Å². The normalized spacial score (nSPS) is 17.7. The molecule has 3 heterocycles. The lowest BCUT2D eigenvalue weighted by molar-refractivity contribution is -0.276. The molecule has 0 spiro atoms. The average molecular weight is 495 g/mol. The van der Waals surface area contributed by atoms with Crippen molar-refractivity contribution in [2.75, 3.05) is 13.1 Å². The minimum absolute atomic E-state index is 0.0761. The maximum absolute atomic E-state index is 13.7. The Hall–Kier alpha value is -3.65. The zero-order valence-electron chi connectivity index (χ0n) is 17.2. The van der Waals surface area contributed by atoms with Crippen LogP contribution in [0.25, 0.3) is 0 Å². The summed E-state index contributed by atoms with van der Waals surface area (Å²) in [7, 11) is 0. The quantitative estimate of drug-likeness (QED) is 0.636. The lowest BCUT2D eigenvalue weighted by Gasteiger charge is -2.34. The number of hydrogen-bond acceptors (Lipinski definition) is 5. The monoisotopic (exact) mass is 495 g/mol. The fourth-order valence-corrected chi connectivity index (χ4v) is 3.15. The fourth-order valence-electron chi connectivity index (χ4n) is 3.15. The van der Waals surface area contributed by atoms with Crippen LogP contribution in [-0.4, -0.2) is 52.3 Å². The van der Waals surface area contributed by atoms with Crippen molar-refractivity contribution in [1.29, 1.82) is 0 Å². The molecule has 0 saturated carbocycles. The van der Waals surface area contributed by atoms with Crippen molar-refractivity contribution in [1.82, 2.24) is 25.5 Å². The number of urea groups is 1. The highest BCUT2D eigenvalue weighted by Crippen LogP contribution is 2.32. The lowest BCUT2D eigenvalue weighted by Crippen LogP contribution is -2.58. The van der Waals surface area contributed by atoms with Crippen LogP contribution >= 0.6 is 0 Å². The molecule has 1 fully saturated rings. The van der Waals surface area contributed by atoms with Crippen LogP contribution in [0, 0.1) is 5.82 Å². The molecule has 184 valence electrons. The molecule has 0 bridgehead atoms. The maximum atomic E-state index is 13.7. The second-order valence-electron chi connectivity index (χ2n) is 7.08. The van der Waals surface area contributed by atoms with Gasteiger partial charge in [-0.2, -0.15) is 13.2 Å². The molecule has 1 aliphatic heterocycles. The first-order chi connectivity index (χ1) is 15.8. The molecule has 1 saturated heterocycles. The largest absolute Gasteiger partial charge is 0.574 e. The zero-order valence-corrected chi connectivity index (χ0v) is 17.2. The highest BCUT2D eigenvalue weighted by Gasteiger charge is 2.38. The Bertz CT molecular complexity index is 1060. The van der Waals surface area contributed by atoms with Crippen LogP contribution < -0.4 is 15.4 Å². The van der Waals surface area contributed by atoms with Gasteiger partial charge in [-0.25, -0.2) is 19.2 Å². The Morgan fingerprint density at radius 3 is 2.50 bits per heavy atom. The number of nitrogens with zero attached hydrogens (tertiary/aromatic N) is 3. The number of rotatable bonds is 4. The summed E-state index contributed by atoms with van der Waals surface area (Å²) < 4.78 is 94.1. The van der Waals surface area contributed by atoms with Crippen molar-refractivity contribution in [3.63, 3.8) is 0 Å². The van der Waals surface area contributed by atoms with Gasteiger partial charge < -0.3 is 20.3 Å². The average Bonchev–Trinajstić information content (AvgIpc) is 2.73. The van der Waals surface area contributed by atoms with Crippen LogP contribution in [0.3, 0.4) is 0 Å². The molecule has 15 heteroatoms. The standard InChI is InChI=1S/C19H16F7N5O3/c1-9-16(32)27-6-7-31(9)17(33)30-14(10-2-5-13(28-8-10)34-19(24,25)26)12-4-3-11(20)15(29-12)18(21,22)23/h2-5,8-9,14H,6-7H2,1H3,(H,27,32)(H,30,33)/t9-,14?/m1/s1. The summed E-state index contributed by atoms with van der Waals surface area (Å²) in [5.74, 6) is -2.98. The van der Waals surface area contributed by atoms with Crippen LogP contribution in [0.4, 0.5) is 35.5 Å². The summed E-state index contributed by atoms with van der Waals surface area (Å²) >= 11 is 0. The Balaban J connectivity index is 1.99. The molecule has 8 nitrogen and oxygen atoms in total. The summed E-state index contributed by atoms with van der Waals surface area (Å²) in [6.07, 6.45) is -9.36. The summed E-state index contributed by atoms with van der Waals surface area (Å²) in [5, 5.41) is 4.92. The van der Waals surface area contributed by atoms with Crippen molar-refractivity contribution in [2.24, 2.45) is 0 Å². The lowest BCUT2D eigenvalue weighted by atomic mass is 10.0. The van der Waals surface area contributed by atoms with Crippen molar-refractivity contribution in [3.05, 3.63) is 53.2 Å². The minimum atomic E-state index is -5.16. The summed E-state index contributed by atoms with van der Waals surface area (Å²) in [6, 6.07) is -0.0993. The van der Waals surface area contributed by atoms with Crippen molar-refractivity contribution in [2.45, 2.75) is 31.5 Å². The van der Waals surface area contributed by atoms with Gasteiger partial charge in [0.1, 0.15) is 6.04 Å². The van der Waals surface area contributed by atoms with E-state index in [0.29, 0.717) is 6.07 Å². The summed E-state index contributed by atoms with van der Waals surface area (Å²) in [4.78, 5) is 32.5. The highest BCUT2D eigenvalue weighted by atomic mass is 19.4. The number of hydrogen-bond donors (Lipinski definition) is 2. The van der Waals surface area contributed by atoms with Crippen LogP contribution in [-0.2, 0) is 11.0 Å². The Labute approximate surface area is 187 Å². The van der Waals surface area contributed by atoms with E-state index >= 15 is 0 Å². The first kappa shape index (κ1) is 25.0. The predicted octanol–water partition coefficient (Wildman–Crippen LogP) is 3.15. The molecule has 3 rings (SSSR count). The van der Waals surface area contributed by atoms with E-state index in [1.807, 2.05) is 0 Å². The van der Waals surface area contributed by atoms with Gasteiger partial charge in [0.15, 0.2) is 11.5 Å². The number of carbonyl (C=O) groups is 2. The number of aromatic nitrogens is 2. The van der Waals surface area contributed by atoms with E-state index in [1.165, 1.54) is 6.92 Å². The van der Waals surface area contributed by atoms with Gasteiger partial charge in [-0.3, -0.25) is 4.79 Å². The first-order valence-electron chi connectivity index (χ1n) is 9.56. The van der Waals surface area contributed by atoms with Crippen LogP contribution in [0.1, 0.15) is 29.9 Å². The smallest absolute Gasteiger partial charge is 0.388 e. The number of nitrogens with one attached hydrogen (secondary N) is 2. The van der Waals surface area contributed by atoms with Gasteiger partial charge >= 0.3 is 18.6 Å². The molecular weight excluding hydrogens is 479 g/mol. The Morgan fingerprint density at radius 1 is 1.21 bits per heavy atom. The molecule has 2 N–H and O–H groups in total. The molecule has 2 aromatic rings. The molecule has 0 aromatic carbocycles. The minimum Gasteiger partial charge on any atom is -0.388 e. The number of pyridine rings is 2. The van der Waals surface area contributed by atoms with Gasteiger partial charge in [0.05, 0.1) is 11.7 Å². The van der Waals surface area contributed by atoms with Crippen molar-refractivity contribution in [3.8, 4) is 5.88 Å². The Kier molecular flexibility index (Phi) is 6.84. The summed E-state index contributed by atoms with van der Waals surface area (Å²) in [6.45, 7) is 1.62. The SMILES string of the molecule is C[C@@H]1C(=O)NCCN1C(=O)NC(c1ccc(OC(F)(F)F)nc1)c1ccc(F)c(C(F)(F)F)n1. The topological polar surface area (TPSA) is 96.5 Å². The number of alkyl halides is 6. The van der Waals surface area contributed by atoms with E-state index < -0.39 is 59.6 Å². The second kappa shape index (κ2) is 9.30. The number of carbonyl (C=O) groups excluding carboxylic acids is 2. The predicted molar refractivity (Wildman–Crippen MR) is 99.7 cm³/mol. The van der Waals surface area contributed by atoms with Crippen molar-refractivity contribution < 1.29 is 45.1 Å². The van der Waals surface area contributed by atoms with Gasteiger partial charge in [0.25, 0.3) is 0 Å². The number of ether oxygens (including phenoxy) is 1. The summed E-state index contributed by atoms with van der Waals surface area (Å²) in [5.41, 5.74) is -2.40. The molecule has 1 unspecified atom stereocenters. The molecule has 1 aliphatic rings. The van der Waals surface area contributed by atoms with Gasteiger partial charge in [0, 0.05) is 25.4 Å². The van der Waals surface area contributed by atoms with E-state index in [4.69, 9.17) is 0 Å². The third-order valence-electron chi connectivity index (χ3n) is 4.77. The first-order valence-corrected chi connectivity index (χ1v) is 9.56. The molecule has 34 heavy (non-hydrogen) atoms. The van der Waals surface area contributed by atoms with Crippen LogP contribution in [0.2, 0.25) is 0 Å². The van der Waals surface area contributed by atoms with Crippen LogP contribution in [0.15, 0.2) is 30.5 Å². The number of amides is 3. The van der Waals surface area contributed by atoms with E-state index in [2.05, 4.69) is 25.3 Å². The van der Waals surface area contributed by atoms with E-state index in [-0.39, 0.29) is 18.7 Å². The molecule has 2 aromatic heterocycles. The maximum Gasteiger partial charge on any atom is 0.574 e.